The van der Waals surface area contributed by atoms with Gasteiger partial charge in [-0.2, -0.15) is 0 Å². The first-order chi connectivity index (χ1) is 9.33. The van der Waals surface area contributed by atoms with Gasteiger partial charge in [0.05, 0.1) is 19.3 Å². The Morgan fingerprint density at radius 1 is 1.11 bits per heavy atom. The van der Waals surface area contributed by atoms with Gasteiger partial charge in [0.25, 0.3) is 5.91 Å². The second-order valence-corrected chi connectivity index (χ2v) is 6.02. The fourth-order valence-corrected chi connectivity index (χ4v) is 3.61. The van der Waals surface area contributed by atoms with Gasteiger partial charge < -0.3 is 10.1 Å². The zero-order valence-electron chi connectivity index (χ0n) is 11.6. The molecule has 19 heavy (non-hydrogen) atoms. The lowest BCUT2D eigenvalue weighted by molar-refractivity contribution is -0.131. The van der Waals surface area contributed by atoms with Gasteiger partial charge in [0.1, 0.15) is 0 Å². The predicted molar refractivity (Wildman–Crippen MR) is 72.4 cm³/mol. The molecule has 1 amide bonds. The molecule has 3 unspecified atom stereocenters. The Morgan fingerprint density at radius 2 is 1.89 bits per heavy atom. The van der Waals surface area contributed by atoms with Gasteiger partial charge in [0.2, 0.25) is 0 Å². The van der Waals surface area contributed by atoms with Crippen LogP contribution in [0.2, 0.25) is 0 Å². The van der Waals surface area contributed by atoms with Gasteiger partial charge >= 0.3 is 0 Å². The van der Waals surface area contributed by atoms with Crippen LogP contribution < -0.4 is 10.7 Å². The summed E-state index contributed by atoms with van der Waals surface area (Å²) in [5.41, 5.74) is 3.04. The molecule has 5 heteroatoms. The number of morpholine rings is 1. The lowest BCUT2D eigenvalue weighted by Crippen LogP contribution is -2.58. The lowest BCUT2D eigenvalue weighted by Gasteiger charge is -2.40. The minimum Gasteiger partial charge on any atom is -0.379 e. The third kappa shape index (κ3) is 3.27. The molecule has 2 saturated heterocycles. The maximum absolute atomic E-state index is 12.3. The molecule has 0 spiro atoms. The topological polar surface area (TPSA) is 53.6 Å². The van der Waals surface area contributed by atoms with Crippen LogP contribution in [-0.4, -0.2) is 49.3 Å². The number of fused-ring (bicyclic) bond motifs is 1. The molecule has 1 saturated carbocycles. The molecule has 0 bridgehead atoms. The fourth-order valence-electron chi connectivity index (χ4n) is 3.61. The van der Waals surface area contributed by atoms with Crippen molar-refractivity contribution in [3.05, 3.63) is 0 Å². The van der Waals surface area contributed by atoms with Gasteiger partial charge in [-0.15, -0.1) is 0 Å². The maximum Gasteiger partial charge on any atom is 0.251 e. The van der Waals surface area contributed by atoms with Crippen molar-refractivity contribution in [2.45, 2.75) is 50.6 Å². The first-order valence-corrected chi connectivity index (χ1v) is 7.72. The Labute approximate surface area is 115 Å². The quantitative estimate of drug-likeness (QED) is 0.772. The van der Waals surface area contributed by atoms with E-state index in [1.807, 2.05) is 5.01 Å². The largest absolute Gasteiger partial charge is 0.379 e. The number of hydrogen-bond donors (Lipinski definition) is 2. The highest BCUT2D eigenvalue weighted by molar-refractivity contribution is 5.81. The second kappa shape index (κ2) is 6.20. The number of nitrogens with zero attached hydrogens (tertiary/aromatic N) is 1. The monoisotopic (exact) mass is 267 g/mol. The van der Waals surface area contributed by atoms with Crippen molar-refractivity contribution < 1.29 is 9.53 Å². The zero-order valence-corrected chi connectivity index (χ0v) is 11.6. The zero-order chi connectivity index (χ0) is 13.1. The Kier molecular flexibility index (Phi) is 4.35. The summed E-state index contributed by atoms with van der Waals surface area (Å²) in [6, 6.07) is 0.574. The van der Waals surface area contributed by atoms with Crippen LogP contribution in [0.25, 0.3) is 0 Å². The van der Waals surface area contributed by atoms with Crippen LogP contribution in [0.5, 0.6) is 0 Å². The molecule has 1 aliphatic carbocycles. The van der Waals surface area contributed by atoms with Crippen molar-refractivity contribution in [2.75, 3.05) is 26.3 Å². The lowest BCUT2D eigenvalue weighted by atomic mass is 9.77. The smallest absolute Gasteiger partial charge is 0.251 e. The summed E-state index contributed by atoms with van der Waals surface area (Å²) in [5, 5.41) is 5.56. The molecule has 3 fully saturated rings. The normalized spacial score (nSPS) is 36.5. The van der Waals surface area contributed by atoms with E-state index in [0.717, 1.165) is 25.4 Å². The number of carbonyl (C=O) groups is 1. The summed E-state index contributed by atoms with van der Waals surface area (Å²) in [6.07, 6.45) is 7.46. The van der Waals surface area contributed by atoms with E-state index in [1.54, 1.807) is 0 Å². The molecular weight excluding hydrogens is 242 g/mol. The first-order valence-electron chi connectivity index (χ1n) is 7.72. The van der Waals surface area contributed by atoms with Crippen molar-refractivity contribution in [3.8, 4) is 0 Å². The Balaban J connectivity index is 1.49. The molecule has 3 atom stereocenters. The average Bonchev–Trinajstić information content (AvgIpc) is 2.48. The summed E-state index contributed by atoms with van der Waals surface area (Å²) in [6.45, 7) is 3.02. The summed E-state index contributed by atoms with van der Waals surface area (Å²) in [5.74, 6) is 0.951. The van der Waals surface area contributed by atoms with E-state index in [4.69, 9.17) is 4.74 Å². The first kappa shape index (κ1) is 13.3. The van der Waals surface area contributed by atoms with E-state index >= 15 is 0 Å². The van der Waals surface area contributed by atoms with Crippen molar-refractivity contribution in [2.24, 2.45) is 5.92 Å². The van der Waals surface area contributed by atoms with E-state index < -0.39 is 0 Å². The molecule has 0 aromatic heterocycles. The maximum atomic E-state index is 12.3. The van der Waals surface area contributed by atoms with Crippen LogP contribution in [0, 0.1) is 5.92 Å². The van der Waals surface area contributed by atoms with Crippen LogP contribution in [0.1, 0.15) is 38.5 Å². The Bertz CT molecular complexity index is 318. The van der Waals surface area contributed by atoms with Crippen LogP contribution in [0.3, 0.4) is 0 Å². The standard InChI is InChI=1S/C14H25N3O2/c18-14(16-17-7-9-19-10-8-17)13-6-5-11-3-1-2-4-12(11)15-13/h11-13,15H,1-10H2,(H,16,18). The van der Waals surface area contributed by atoms with Gasteiger partial charge in [-0.25, -0.2) is 5.01 Å². The van der Waals surface area contributed by atoms with Crippen molar-refractivity contribution >= 4 is 5.91 Å². The number of amides is 1. The molecule has 3 rings (SSSR count). The molecule has 0 aromatic rings. The minimum atomic E-state index is 0.00203. The second-order valence-electron chi connectivity index (χ2n) is 6.02. The van der Waals surface area contributed by atoms with E-state index in [2.05, 4.69) is 10.7 Å². The summed E-state index contributed by atoms with van der Waals surface area (Å²) < 4.78 is 5.29. The van der Waals surface area contributed by atoms with Gasteiger partial charge in [0.15, 0.2) is 0 Å². The van der Waals surface area contributed by atoms with Crippen LogP contribution >= 0.6 is 0 Å². The van der Waals surface area contributed by atoms with Crippen molar-refractivity contribution in [1.82, 2.24) is 15.8 Å². The third-order valence-electron chi connectivity index (χ3n) is 4.75. The molecule has 2 aliphatic heterocycles. The van der Waals surface area contributed by atoms with E-state index in [1.165, 1.54) is 32.1 Å². The Morgan fingerprint density at radius 3 is 2.74 bits per heavy atom. The molecule has 2 N–H and O–H groups in total. The summed E-state index contributed by atoms with van der Waals surface area (Å²) >= 11 is 0. The van der Waals surface area contributed by atoms with Gasteiger partial charge in [-0.1, -0.05) is 12.8 Å². The Hall–Kier alpha value is -0.650. The van der Waals surface area contributed by atoms with E-state index in [-0.39, 0.29) is 11.9 Å². The third-order valence-corrected chi connectivity index (χ3v) is 4.75. The fraction of sp³-hybridized carbons (Fsp3) is 0.929. The highest BCUT2D eigenvalue weighted by Crippen LogP contribution is 2.32. The minimum absolute atomic E-state index is 0.00203. The number of hydrogen-bond acceptors (Lipinski definition) is 4. The molecule has 0 aromatic carbocycles. The number of ether oxygens (including phenoxy) is 1. The summed E-state index contributed by atoms with van der Waals surface area (Å²) in [7, 11) is 0. The van der Waals surface area contributed by atoms with Gasteiger partial charge in [-0.05, 0) is 31.6 Å². The molecule has 2 heterocycles. The van der Waals surface area contributed by atoms with Crippen molar-refractivity contribution in [1.29, 1.82) is 0 Å². The molecule has 3 aliphatic rings. The van der Waals surface area contributed by atoms with E-state index in [9.17, 15) is 4.79 Å². The molecule has 5 nitrogen and oxygen atoms in total. The van der Waals surface area contributed by atoms with Gasteiger partial charge in [-0.3, -0.25) is 10.2 Å². The molecule has 108 valence electrons. The number of hydrazine groups is 1. The van der Waals surface area contributed by atoms with Crippen LogP contribution in [-0.2, 0) is 9.53 Å². The number of piperidine rings is 1. The highest BCUT2D eigenvalue weighted by atomic mass is 16.5. The average molecular weight is 267 g/mol. The number of rotatable bonds is 2. The van der Waals surface area contributed by atoms with Gasteiger partial charge in [0, 0.05) is 19.1 Å². The number of carbonyl (C=O) groups excluding carboxylic acids is 1. The van der Waals surface area contributed by atoms with E-state index in [0.29, 0.717) is 19.3 Å². The molecule has 0 radical (unpaired) electrons. The molecular formula is C14H25N3O2. The summed E-state index contributed by atoms with van der Waals surface area (Å²) in [4.78, 5) is 12.3. The highest BCUT2D eigenvalue weighted by Gasteiger charge is 2.34. The SMILES string of the molecule is O=C(NN1CCOCC1)C1CCC2CCCCC2N1. The predicted octanol–water partition coefficient (Wildman–Crippen LogP) is 0.661. The van der Waals surface area contributed by atoms with Crippen molar-refractivity contribution in [3.63, 3.8) is 0 Å². The van der Waals surface area contributed by atoms with Crippen LogP contribution in [0.4, 0.5) is 0 Å². The number of nitrogens with one attached hydrogen (secondary N) is 2. The van der Waals surface area contributed by atoms with Crippen LogP contribution in [0.15, 0.2) is 0 Å².